The maximum atomic E-state index is 5.22. The van der Waals surface area contributed by atoms with Gasteiger partial charge in [-0.05, 0) is 44.9 Å². The molecule has 1 N–H and O–H groups in total. The third-order valence-electron chi connectivity index (χ3n) is 2.90. The highest BCUT2D eigenvalue weighted by Crippen LogP contribution is 2.21. The number of nitrogens with zero attached hydrogens (tertiary/aromatic N) is 1. The first kappa shape index (κ1) is 15.1. The Morgan fingerprint density at radius 2 is 2.17 bits per heavy atom. The number of hydrogen-bond donors (Lipinski definition) is 1. The van der Waals surface area contributed by atoms with Crippen LogP contribution in [0.5, 0.6) is 0 Å². The maximum Gasteiger partial charge on any atom is 0.0545 e. The van der Waals surface area contributed by atoms with Gasteiger partial charge in [0.2, 0.25) is 0 Å². The molecule has 0 aromatic carbocycles. The summed E-state index contributed by atoms with van der Waals surface area (Å²) in [6.45, 7) is 9.44. The predicted octanol–water partition coefficient (Wildman–Crippen LogP) is 3.02. The average Bonchev–Trinajstić information content (AvgIpc) is 2.27. The van der Waals surface area contributed by atoms with Crippen LogP contribution >= 0.6 is 11.8 Å². The SMILES string of the molecule is C#CCSCCNC(C)c1c(C)cc(C)nc1C. The molecule has 0 aliphatic rings. The van der Waals surface area contributed by atoms with E-state index < -0.39 is 0 Å². The lowest BCUT2D eigenvalue weighted by Crippen LogP contribution is -2.23. The highest BCUT2D eigenvalue weighted by molar-refractivity contribution is 7.99. The lowest BCUT2D eigenvalue weighted by atomic mass is 10.0. The van der Waals surface area contributed by atoms with Crippen molar-refractivity contribution in [1.29, 1.82) is 0 Å². The van der Waals surface area contributed by atoms with Gasteiger partial charge in [-0.2, -0.15) is 0 Å². The summed E-state index contributed by atoms with van der Waals surface area (Å²) in [7, 11) is 0. The van der Waals surface area contributed by atoms with Crippen LogP contribution in [0.4, 0.5) is 0 Å². The van der Waals surface area contributed by atoms with Crippen molar-refractivity contribution < 1.29 is 0 Å². The van der Waals surface area contributed by atoms with Crippen LogP contribution in [0, 0.1) is 33.1 Å². The Balaban J connectivity index is 2.57. The van der Waals surface area contributed by atoms with E-state index in [1.807, 2.05) is 6.92 Å². The van der Waals surface area contributed by atoms with E-state index in [1.165, 1.54) is 11.1 Å². The molecule has 0 fully saturated rings. The van der Waals surface area contributed by atoms with Crippen LogP contribution in [0.1, 0.15) is 35.5 Å². The number of aromatic nitrogens is 1. The van der Waals surface area contributed by atoms with E-state index in [9.17, 15) is 0 Å². The molecule has 0 saturated heterocycles. The van der Waals surface area contributed by atoms with Crippen LogP contribution in [0.2, 0.25) is 0 Å². The molecule has 0 aliphatic heterocycles. The van der Waals surface area contributed by atoms with Crippen LogP contribution in [0.25, 0.3) is 0 Å². The lowest BCUT2D eigenvalue weighted by Gasteiger charge is -2.19. The molecular weight excluding hydrogens is 240 g/mol. The number of nitrogens with one attached hydrogen (secondary N) is 1. The van der Waals surface area contributed by atoms with Crippen LogP contribution in [0.15, 0.2) is 6.07 Å². The topological polar surface area (TPSA) is 24.9 Å². The van der Waals surface area contributed by atoms with Gasteiger partial charge >= 0.3 is 0 Å². The van der Waals surface area contributed by atoms with E-state index in [1.54, 1.807) is 11.8 Å². The van der Waals surface area contributed by atoms with Gasteiger partial charge in [0.15, 0.2) is 0 Å². The Labute approximate surface area is 115 Å². The molecule has 98 valence electrons. The van der Waals surface area contributed by atoms with Gasteiger partial charge in [0.05, 0.1) is 5.75 Å². The summed E-state index contributed by atoms with van der Waals surface area (Å²) < 4.78 is 0. The Hall–Kier alpha value is -0.980. The number of thioether (sulfide) groups is 1. The zero-order valence-electron chi connectivity index (χ0n) is 11.7. The second-order valence-electron chi connectivity index (χ2n) is 4.51. The molecule has 0 radical (unpaired) electrons. The van der Waals surface area contributed by atoms with Crippen molar-refractivity contribution >= 4 is 11.8 Å². The van der Waals surface area contributed by atoms with Crippen LogP contribution in [0.3, 0.4) is 0 Å². The molecule has 18 heavy (non-hydrogen) atoms. The molecule has 1 rings (SSSR count). The first-order valence-electron chi connectivity index (χ1n) is 6.25. The lowest BCUT2D eigenvalue weighted by molar-refractivity contribution is 0.592. The Bertz CT molecular complexity index is 412. The summed E-state index contributed by atoms with van der Waals surface area (Å²) in [6, 6.07) is 2.48. The minimum absolute atomic E-state index is 0.338. The van der Waals surface area contributed by atoms with Gasteiger partial charge in [-0.3, -0.25) is 4.98 Å². The molecule has 2 nitrogen and oxygen atoms in total. The standard InChI is InChI=1S/C15H22N2S/c1-6-8-18-9-7-16-13(4)15-11(2)10-12(3)17-14(15)5/h1,10,13,16H,7-9H2,2-5H3. The minimum atomic E-state index is 0.338. The van der Waals surface area contributed by atoms with Crippen LogP contribution in [-0.2, 0) is 0 Å². The Kier molecular flexibility index (Phi) is 6.24. The second-order valence-corrected chi connectivity index (χ2v) is 5.62. The summed E-state index contributed by atoms with van der Waals surface area (Å²) in [5, 5.41) is 3.53. The number of pyridine rings is 1. The third kappa shape index (κ3) is 4.36. The molecule has 0 aliphatic carbocycles. The number of aryl methyl sites for hydroxylation is 3. The Morgan fingerprint density at radius 1 is 1.44 bits per heavy atom. The molecule has 1 aromatic heterocycles. The largest absolute Gasteiger partial charge is 0.309 e. The highest BCUT2D eigenvalue weighted by Gasteiger charge is 2.12. The van der Waals surface area contributed by atoms with E-state index in [2.05, 4.69) is 43.1 Å². The highest BCUT2D eigenvalue weighted by atomic mass is 32.2. The summed E-state index contributed by atoms with van der Waals surface area (Å²) >= 11 is 1.79. The normalized spacial score (nSPS) is 12.2. The van der Waals surface area contributed by atoms with Crippen LogP contribution in [-0.4, -0.2) is 23.0 Å². The van der Waals surface area contributed by atoms with Gasteiger partial charge in [0.1, 0.15) is 0 Å². The van der Waals surface area contributed by atoms with E-state index in [-0.39, 0.29) is 0 Å². The van der Waals surface area contributed by atoms with Crippen molar-refractivity contribution in [2.45, 2.75) is 33.7 Å². The van der Waals surface area contributed by atoms with Crippen molar-refractivity contribution in [2.24, 2.45) is 0 Å². The van der Waals surface area contributed by atoms with E-state index >= 15 is 0 Å². The monoisotopic (exact) mass is 262 g/mol. The second kappa shape index (κ2) is 7.45. The fourth-order valence-electron chi connectivity index (χ4n) is 2.27. The fourth-order valence-corrected chi connectivity index (χ4v) is 2.79. The minimum Gasteiger partial charge on any atom is -0.309 e. The molecule has 1 unspecified atom stereocenters. The Morgan fingerprint density at radius 3 is 2.78 bits per heavy atom. The molecular formula is C15H22N2S. The summed E-state index contributed by atoms with van der Waals surface area (Å²) in [4.78, 5) is 4.54. The molecule has 1 heterocycles. The maximum absolute atomic E-state index is 5.22. The molecule has 1 aromatic rings. The molecule has 3 heteroatoms. The van der Waals surface area contributed by atoms with Gasteiger partial charge in [-0.15, -0.1) is 18.2 Å². The zero-order valence-corrected chi connectivity index (χ0v) is 12.5. The number of rotatable bonds is 6. The summed E-state index contributed by atoms with van der Waals surface area (Å²) in [5.74, 6) is 4.48. The number of hydrogen-bond acceptors (Lipinski definition) is 3. The molecule has 1 atom stereocenters. The number of terminal acetylenes is 1. The van der Waals surface area contributed by atoms with Gasteiger partial charge < -0.3 is 5.32 Å². The van der Waals surface area contributed by atoms with Crippen molar-refractivity contribution in [3.63, 3.8) is 0 Å². The summed E-state index contributed by atoms with van der Waals surface area (Å²) in [6.07, 6.45) is 5.22. The van der Waals surface area contributed by atoms with Gasteiger partial charge in [0, 0.05) is 29.7 Å². The van der Waals surface area contributed by atoms with E-state index in [4.69, 9.17) is 6.42 Å². The van der Waals surface area contributed by atoms with Gasteiger partial charge in [0.25, 0.3) is 0 Å². The first-order valence-corrected chi connectivity index (χ1v) is 7.41. The average molecular weight is 262 g/mol. The molecule has 0 amide bonds. The van der Waals surface area contributed by atoms with Crippen molar-refractivity contribution in [2.75, 3.05) is 18.1 Å². The first-order chi connectivity index (χ1) is 8.56. The quantitative estimate of drug-likeness (QED) is 0.630. The van der Waals surface area contributed by atoms with E-state index in [0.29, 0.717) is 6.04 Å². The van der Waals surface area contributed by atoms with Crippen molar-refractivity contribution in [3.05, 3.63) is 28.6 Å². The molecule has 0 bridgehead atoms. The van der Waals surface area contributed by atoms with E-state index in [0.717, 1.165) is 29.4 Å². The summed E-state index contributed by atoms with van der Waals surface area (Å²) in [5.41, 5.74) is 4.85. The third-order valence-corrected chi connectivity index (χ3v) is 3.76. The molecule has 0 saturated carbocycles. The molecule has 0 spiro atoms. The van der Waals surface area contributed by atoms with Crippen molar-refractivity contribution in [3.8, 4) is 12.3 Å². The predicted molar refractivity (Wildman–Crippen MR) is 81.0 cm³/mol. The smallest absolute Gasteiger partial charge is 0.0545 e. The zero-order chi connectivity index (χ0) is 13.5. The fraction of sp³-hybridized carbons (Fsp3) is 0.533. The van der Waals surface area contributed by atoms with Gasteiger partial charge in [-0.25, -0.2) is 0 Å². The van der Waals surface area contributed by atoms with Gasteiger partial charge in [-0.1, -0.05) is 5.92 Å². The van der Waals surface area contributed by atoms with Crippen molar-refractivity contribution in [1.82, 2.24) is 10.3 Å². The van der Waals surface area contributed by atoms with Crippen LogP contribution < -0.4 is 5.32 Å².